The average Bonchev–Trinajstić information content (AvgIpc) is 3.00. The van der Waals surface area contributed by atoms with Crippen molar-refractivity contribution in [3.8, 4) is 17.0 Å². The van der Waals surface area contributed by atoms with Crippen LogP contribution in [0.5, 0.6) is 5.75 Å². The van der Waals surface area contributed by atoms with Gasteiger partial charge in [-0.25, -0.2) is 17.2 Å². The van der Waals surface area contributed by atoms with Crippen LogP contribution in [0.1, 0.15) is 16.1 Å². The summed E-state index contributed by atoms with van der Waals surface area (Å²) in [7, 11) is -3.02. The lowest BCUT2D eigenvalue weighted by Gasteiger charge is -2.13. The molecule has 0 bridgehead atoms. The Kier molecular flexibility index (Phi) is 4.56. The van der Waals surface area contributed by atoms with Gasteiger partial charge in [0.2, 0.25) is 0 Å². The summed E-state index contributed by atoms with van der Waals surface area (Å²) in [6, 6.07) is 16.1. The number of hydrogen-bond acceptors (Lipinski definition) is 5. The summed E-state index contributed by atoms with van der Waals surface area (Å²) in [5, 5.41) is 10.2. The van der Waals surface area contributed by atoms with Crippen molar-refractivity contribution in [3.63, 3.8) is 0 Å². The number of aryl methyl sites for hydroxylation is 1. The summed E-state index contributed by atoms with van der Waals surface area (Å²) in [5.74, 6) is -1.41. The van der Waals surface area contributed by atoms with Gasteiger partial charge in [-0.15, -0.1) is 0 Å². The van der Waals surface area contributed by atoms with Crippen molar-refractivity contribution < 1.29 is 23.1 Å². The fourth-order valence-corrected chi connectivity index (χ4v) is 4.16. The van der Waals surface area contributed by atoms with Crippen molar-refractivity contribution in [1.82, 2.24) is 3.97 Å². The first kappa shape index (κ1) is 17.8. The Hall–Kier alpha value is -3.06. The molecule has 0 aliphatic heterocycles. The lowest BCUT2D eigenvalue weighted by molar-refractivity contribution is 0.0589. The number of aromatic hydroxyl groups is 1. The molecule has 26 heavy (non-hydrogen) atoms. The van der Waals surface area contributed by atoms with Crippen LogP contribution in [0.4, 0.5) is 0 Å². The number of nitrogens with zero attached hydrogens (tertiary/aromatic N) is 1. The van der Waals surface area contributed by atoms with E-state index in [9.17, 15) is 18.3 Å². The second-order valence-electron chi connectivity index (χ2n) is 5.70. The van der Waals surface area contributed by atoms with Crippen LogP contribution in [-0.4, -0.2) is 30.6 Å². The number of rotatable bonds is 4. The molecule has 0 saturated heterocycles. The Morgan fingerprint density at radius 1 is 1.04 bits per heavy atom. The topological polar surface area (TPSA) is 85.6 Å². The lowest BCUT2D eigenvalue weighted by atomic mass is 10.2. The summed E-state index contributed by atoms with van der Waals surface area (Å²) in [6.45, 7) is 1.84. The predicted octanol–water partition coefficient (Wildman–Crippen LogP) is 3.19. The van der Waals surface area contributed by atoms with Crippen LogP contribution in [0.3, 0.4) is 0 Å². The maximum Gasteiger partial charge on any atom is 0.359 e. The van der Waals surface area contributed by atoms with E-state index >= 15 is 0 Å². The standard InChI is InChI=1S/C19H17NO5S/c1-13-8-10-15(11-9-13)26(23,24)20-16(14-6-4-3-5-7-14)12-17(21)18(20)19(22)25-2/h3-12,21H,1-2H3. The van der Waals surface area contributed by atoms with Crippen molar-refractivity contribution in [2.24, 2.45) is 0 Å². The molecule has 0 amide bonds. The molecule has 3 rings (SSSR count). The first-order valence-corrected chi connectivity index (χ1v) is 9.21. The van der Waals surface area contributed by atoms with Crippen LogP contribution in [0.15, 0.2) is 65.6 Å². The lowest BCUT2D eigenvalue weighted by Crippen LogP contribution is -2.20. The molecule has 0 saturated carbocycles. The van der Waals surface area contributed by atoms with Crippen LogP contribution < -0.4 is 0 Å². The highest BCUT2D eigenvalue weighted by molar-refractivity contribution is 7.90. The number of esters is 1. The summed E-state index contributed by atoms with van der Waals surface area (Å²) < 4.78 is 32.0. The molecule has 0 atom stereocenters. The maximum atomic E-state index is 13.2. The molecule has 0 spiro atoms. The number of carbonyl (C=O) groups is 1. The van der Waals surface area contributed by atoms with E-state index in [0.29, 0.717) is 5.56 Å². The summed E-state index contributed by atoms with van der Waals surface area (Å²) >= 11 is 0. The SMILES string of the molecule is COC(=O)c1c(O)cc(-c2ccccc2)n1S(=O)(=O)c1ccc(C)cc1. The van der Waals surface area contributed by atoms with E-state index in [1.54, 1.807) is 42.5 Å². The molecule has 0 unspecified atom stereocenters. The van der Waals surface area contributed by atoms with Gasteiger partial charge in [0.05, 0.1) is 17.7 Å². The number of ether oxygens (including phenoxy) is 1. The molecule has 1 aromatic heterocycles. The minimum absolute atomic E-state index is 0.000958. The molecule has 0 fully saturated rings. The predicted molar refractivity (Wildman–Crippen MR) is 96.6 cm³/mol. The maximum absolute atomic E-state index is 13.2. The van der Waals surface area contributed by atoms with Crippen LogP contribution in [-0.2, 0) is 14.8 Å². The van der Waals surface area contributed by atoms with E-state index in [4.69, 9.17) is 0 Å². The zero-order chi connectivity index (χ0) is 18.9. The van der Waals surface area contributed by atoms with E-state index in [-0.39, 0.29) is 10.6 Å². The van der Waals surface area contributed by atoms with E-state index < -0.39 is 27.4 Å². The van der Waals surface area contributed by atoms with Crippen LogP contribution in [0.25, 0.3) is 11.3 Å². The minimum atomic E-state index is -4.14. The van der Waals surface area contributed by atoms with E-state index in [0.717, 1.165) is 16.6 Å². The van der Waals surface area contributed by atoms with E-state index in [2.05, 4.69) is 4.74 Å². The molecule has 0 aliphatic rings. The summed E-state index contributed by atoms with van der Waals surface area (Å²) in [5.41, 5.74) is 1.17. The highest BCUT2D eigenvalue weighted by Crippen LogP contribution is 2.34. The van der Waals surface area contributed by atoms with Gasteiger partial charge in [-0.05, 0) is 24.6 Å². The average molecular weight is 371 g/mol. The highest BCUT2D eigenvalue weighted by Gasteiger charge is 2.31. The molecule has 0 aliphatic carbocycles. The van der Waals surface area contributed by atoms with E-state index in [1.807, 2.05) is 6.92 Å². The Morgan fingerprint density at radius 2 is 1.65 bits per heavy atom. The number of carbonyl (C=O) groups excluding carboxylic acids is 1. The third-order valence-electron chi connectivity index (χ3n) is 3.95. The second kappa shape index (κ2) is 6.68. The van der Waals surface area contributed by atoms with Crippen molar-refractivity contribution in [2.45, 2.75) is 11.8 Å². The molecular formula is C19H17NO5S. The molecule has 1 N–H and O–H groups in total. The molecule has 0 radical (unpaired) electrons. The van der Waals surface area contributed by atoms with Crippen LogP contribution >= 0.6 is 0 Å². The number of benzene rings is 2. The fourth-order valence-electron chi connectivity index (χ4n) is 2.64. The highest BCUT2D eigenvalue weighted by atomic mass is 32.2. The Morgan fingerprint density at radius 3 is 2.23 bits per heavy atom. The van der Waals surface area contributed by atoms with Crippen LogP contribution in [0.2, 0.25) is 0 Å². The zero-order valence-electron chi connectivity index (χ0n) is 14.2. The monoisotopic (exact) mass is 371 g/mol. The van der Waals surface area contributed by atoms with Gasteiger partial charge < -0.3 is 9.84 Å². The van der Waals surface area contributed by atoms with Crippen molar-refractivity contribution in [1.29, 1.82) is 0 Å². The first-order chi connectivity index (χ1) is 12.4. The summed E-state index contributed by atoms with van der Waals surface area (Å²) in [4.78, 5) is 12.2. The van der Waals surface area contributed by atoms with Gasteiger partial charge >= 0.3 is 5.97 Å². The molecular weight excluding hydrogens is 354 g/mol. The summed E-state index contributed by atoms with van der Waals surface area (Å²) in [6.07, 6.45) is 0. The number of hydrogen-bond donors (Lipinski definition) is 1. The van der Waals surface area contributed by atoms with Crippen LogP contribution in [0, 0.1) is 6.92 Å². The van der Waals surface area contributed by atoms with Crippen molar-refractivity contribution in [2.75, 3.05) is 7.11 Å². The molecule has 6 nitrogen and oxygen atoms in total. The molecule has 7 heteroatoms. The smallest absolute Gasteiger partial charge is 0.359 e. The number of methoxy groups -OCH3 is 1. The molecule has 3 aromatic rings. The van der Waals surface area contributed by atoms with Gasteiger partial charge in [0.1, 0.15) is 5.75 Å². The van der Waals surface area contributed by atoms with Gasteiger partial charge in [0, 0.05) is 6.07 Å². The minimum Gasteiger partial charge on any atom is -0.505 e. The third kappa shape index (κ3) is 2.97. The quantitative estimate of drug-likeness (QED) is 0.712. The zero-order valence-corrected chi connectivity index (χ0v) is 15.0. The molecule has 1 heterocycles. The molecule has 134 valence electrons. The third-order valence-corrected chi connectivity index (χ3v) is 5.67. The van der Waals surface area contributed by atoms with Crippen molar-refractivity contribution >= 4 is 16.0 Å². The van der Waals surface area contributed by atoms with Gasteiger partial charge in [-0.1, -0.05) is 48.0 Å². The number of aromatic nitrogens is 1. The Balaban J connectivity index is 2.34. The first-order valence-electron chi connectivity index (χ1n) is 7.77. The second-order valence-corrected chi connectivity index (χ2v) is 7.49. The largest absolute Gasteiger partial charge is 0.505 e. The normalized spacial score (nSPS) is 11.3. The molecule has 2 aromatic carbocycles. The van der Waals surface area contributed by atoms with Gasteiger partial charge in [-0.2, -0.15) is 0 Å². The van der Waals surface area contributed by atoms with E-state index in [1.165, 1.54) is 18.2 Å². The van der Waals surface area contributed by atoms with Gasteiger partial charge in [-0.3, -0.25) is 0 Å². The van der Waals surface area contributed by atoms with Gasteiger partial charge in [0.25, 0.3) is 10.0 Å². The van der Waals surface area contributed by atoms with Gasteiger partial charge in [0.15, 0.2) is 5.69 Å². The fraction of sp³-hybridized carbons (Fsp3) is 0.105. The van der Waals surface area contributed by atoms with Crippen molar-refractivity contribution in [3.05, 3.63) is 71.9 Å². The Labute approximate surface area is 151 Å². The Bertz CT molecular complexity index is 1050.